The molecule has 0 radical (unpaired) electrons. The van der Waals surface area contributed by atoms with Crippen LogP contribution in [0.25, 0.3) is 0 Å². The number of rotatable bonds is 5. The Morgan fingerprint density at radius 2 is 1.56 bits per heavy atom. The van der Waals surface area contributed by atoms with E-state index in [2.05, 4.69) is 16.0 Å². The number of urea groups is 2. The van der Waals surface area contributed by atoms with Crippen LogP contribution in [0, 0.1) is 6.92 Å². The number of benzene rings is 3. The molecular weight excluding hydrogens is 404 g/mol. The van der Waals surface area contributed by atoms with Crippen molar-refractivity contribution in [2.45, 2.75) is 25.9 Å². The van der Waals surface area contributed by atoms with Crippen molar-refractivity contribution in [2.24, 2.45) is 0 Å². The van der Waals surface area contributed by atoms with Gasteiger partial charge in [-0.15, -0.1) is 0 Å². The summed E-state index contributed by atoms with van der Waals surface area (Å²) in [5.41, 5.74) is 2.68. The van der Waals surface area contributed by atoms with Crippen molar-refractivity contribution in [1.29, 1.82) is 0 Å². The average Bonchev–Trinajstić information content (AvgIpc) is 3.00. The smallest absolute Gasteiger partial charge is 0.308 e. The Balaban J connectivity index is 1.51. The van der Waals surface area contributed by atoms with E-state index in [-0.39, 0.29) is 11.9 Å². The van der Waals surface area contributed by atoms with E-state index in [1.165, 1.54) is 4.90 Å². The van der Waals surface area contributed by atoms with Gasteiger partial charge >= 0.3 is 12.1 Å². The van der Waals surface area contributed by atoms with Crippen LogP contribution in [0.5, 0.6) is 0 Å². The highest BCUT2D eigenvalue weighted by Gasteiger charge is 2.50. The zero-order valence-electron chi connectivity index (χ0n) is 17.9. The Kier molecular flexibility index (Phi) is 5.64. The van der Waals surface area contributed by atoms with Crippen LogP contribution >= 0.6 is 0 Å². The monoisotopic (exact) mass is 428 g/mol. The molecule has 7 nitrogen and oxygen atoms in total. The first-order valence-electron chi connectivity index (χ1n) is 10.3. The van der Waals surface area contributed by atoms with Gasteiger partial charge in [-0.2, -0.15) is 0 Å². The topological polar surface area (TPSA) is 90.5 Å². The maximum Gasteiger partial charge on any atom is 0.325 e. The number of carbonyl (C=O) groups is 3. The summed E-state index contributed by atoms with van der Waals surface area (Å²) in [5.74, 6) is -0.378. The molecule has 1 atom stereocenters. The molecule has 0 bridgehead atoms. The fourth-order valence-electron chi connectivity index (χ4n) is 3.77. The lowest BCUT2D eigenvalue weighted by atomic mass is 9.90. The molecule has 0 spiro atoms. The van der Waals surface area contributed by atoms with Gasteiger partial charge in [-0.05, 0) is 48.7 Å². The molecule has 32 heavy (non-hydrogen) atoms. The molecule has 1 fully saturated rings. The van der Waals surface area contributed by atoms with Gasteiger partial charge in [-0.3, -0.25) is 10.1 Å². The normalized spacial score (nSPS) is 17.8. The molecule has 162 valence electrons. The standard InChI is InChI=1S/C25H24N4O3/c1-17-8-6-7-11-21(17)27-23(31)26-20-14-12-19(13-15-20)25(2)22(30)28-24(32)29(25)16-18-9-4-3-5-10-18/h3-15H,16H2,1-2H3,(H2,26,27,31)(H,28,30,32). The van der Waals surface area contributed by atoms with E-state index in [0.717, 1.165) is 16.8 Å². The third-order valence-electron chi connectivity index (χ3n) is 5.73. The quantitative estimate of drug-likeness (QED) is 0.519. The lowest BCUT2D eigenvalue weighted by Crippen LogP contribution is -2.43. The molecule has 5 amide bonds. The fourth-order valence-corrected chi connectivity index (χ4v) is 3.77. The summed E-state index contributed by atoms with van der Waals surface area (Å²) in [6.07, 6.45) is 0. The van der Waals surface area contributed by atoms with Crippen molar-refractivity contribution in [3.63, 3.8) is 0 Å². The molecule has 3 aromatic carbocycles. The number of amides is 5. The highest BCUT2D eigenvalue weighted by molar-refractivity contribution is 6.07. The van der Waals surface area contributed by atoms with Crippen LogP contribution in [0.2, 0.25) is 0 Å². The Morgan fingerprint density at radius 1 is 0.906 bits per heavy atom. The Labute approximate surface area is 186 Å². The van der Waals surface area contributed by atoms with Gasteiger partial charge in [0.05, 0.1) is 0 Å². The van der Waals surface area contributed by atoms with Gasteiger partial charge < -0.3 is 15.5 Å². The van der Waals surface area contributed by atoms with Gasteiger partial charge in [-0.25, -0.2) is 9.59 Å². The zero-order valence-corrected chi connectivity index (χ0v) is 17.9. The maximum absolute atomic E-state index is 12.8. The maximum atomic E-state index is 12.8. The summed E-state index contributed by atoms with van der Waals surface area (Å²) >= 11 is 0. The summed E-state index contributed by atoms with van der Waals surface area (Å²) in [7, 11) is 0. The summed E-state index contributed by atoms with van der Waals surface area (Å²) in [5, 5.41) is 8.03. The van der Waals surface area contributed by atoms with E-state index < -0.39 is 11.6 Å². The van der Waals surface area contributed by atoms with E-state index in [0.29, 0.717) is 17.8 Å². The Hall–Kier alpha value is -4.13. The van der Waals surface area contributed by atoms with Crippen LogP contribution in [0.1, 0.15) is 23.6 Å². The summed E-state index contributed by atoms with van der Waals surface area (Å²) in [6, 6.07) is 23.2. The molecule has 0 aromatic heterocycles. The molecule has 1 aliphatic rings. The molecule has 1 heterocycles. The number of hydrogen-bond acceptors (Lipinski definition) is 3. The van der Waals surface area contributed by atoms with Crippen LogP contribution in [-0.2, 0) is 16.9 Å². The highest BCUT2D eigenvalue weighted by Crippen LogP contribution is 2.34. The van der Waals surface area contributed by atoms with Crippen LogP contribution in [0.4, 0.5) is 21.0 Å². The summed E-state index contributed by atoms with van der Waals surface area (Å²) in [6.45, 7) is 3.94. The fraction of sp³-hybridized carbons (Fsp3) is 0.160. The SMILES string of the molecule is Cc1ccccc1NC(=O)Nc1ccc(C2(C)C(=O)NC(=O)N2Cc2ccccc2)cc1. The number of carbonyl (C=O) groups excluding carboxylic acids is 3. The Bertz CT molecular complexity index is 1160. The van der Waals surface area contributed by atoms with Crippen molar-refractivity contribution in [3.05, 3.63) is 95.6 Å². The lowest BCUT2D eigenvalue weighted by molar-refractivity contribution is -0.126. The summed E-state index contributed by atoms with van der Waals surface area (Å²) in [4.78, 5) is 39.1. The molecular formula is C25H24N4O3. The van der Waals surface area contributed by atoms with Crippen molar-refractivity contribution in [3.8, 4) is 0 Å². The number of aryl methyl sites for hydroxylation is 1. The van der Waals surface area contributed by atoms with Crippen molar-refractivity contribution >= 4 is 29.3 Å². The third-order valence-corrected chi connectivity index (χ3v) is 5.73. The van der Waals surface area contributed by atoms with Crippen LogP contribution in [0.3, 0.4) is 0 Å². The predicted molar refractivity (Wildman–Crippen MR) is 123 cm³/mol. The Morgan fingerprint density at radius 3 is 2.25 bits per heavy atom. The molecule has 7 heteroatoms. The van der Waals surface area contributed by atoms with Crippen molar-refractivity contribution in [2.75, 3.05) is 10.6 Å². The number of anilines is 2. The predicted octanol–water partition coefficient (Wildman–Crippen LogP) is 4.61. The van der Waals surface area contributed by atoms with Crippen molar-refractivity contribution in [1.82, 2.24) is 10.2 Å². The van der Waals surface area contributed by atoms with Crippen LogP contribution in [-0.4, -0.2) is 22.9 Å². The zero-order chi connectivity index (χ0) is 22.7. The minimum Gasteiger partial charge on any atom is -0.308 e. The van der Waals surface area contributed by atoms with E-state index >= 15 is 0 Å². The minimum absolute atomic E-state index is 0.299. The molecule has 4 rings (SSSR count). The van der Waals surface area contributed by atoms with Gasteiger partial charge in [0.25, 0.3) is 5.91 Å². The van der Waals surface area contributed by atoms with E-state index in [4.69, 9.17) is 0 Å². The van der Waals surface area contributed by atoms with Gasteiger partial charge in [0.1, 0.15) is 5.54 Å². The van der Waals surface area contributed by atoms with Crippen LogP contribution in [0.15, 0.2) is 78.9 Å². The van der Waals surface area contributed by atoms with Gasteiger partial charge in [0.2, 0.25) is 0 Å². The molecule has 3 aromatic rings. The molecule has 0 aliphatic carbocycles. The largest absolute Gasteiger partial charge is 0.325 e. The number of nitrogens with one attached hydrogen (secondary N) is 3. The third kappa shape index (κ3) is 4.05. The van der Waals surface area contributed by atoms with Crippen molar-refractivity contribution < 1.29 is 14.4 Å². The molecule has 0 saturated carbocycles. The first-order valence-corrected chi connectivity index (χ1v) is 10.3. The second kappa shape index (κ2) is 8.55. The second-order valence-corrected chi connectivity index (χ2v) is 7.87. The number of imide groups is 1. The first-order chi connectivity index (χ1) is 15.4. The lowest BCUT2D eigenvalue weighted by Gasteiger charge is -2.32. The van der Waals surface area contributed by atoms with E-state index in [9.17, 15) is 14.4 Å². The molecule has 1 unspecified atom stereocenters. The van der Waals surface area contributed by atoms with Gasteiger partial charge in [-0.1, -0.05) is 60.7 Å². The number of hydrogen-bond donors (Lipinski definition) is 3. The summed E-state index contributed by atoms with van der Waals surface area (Å²) < 4.78 is 0. The molecule has 3 N–H and O–H groups in total. The number of nitrogens with zero attached hydrogens (tertiary/aromatic N) is 1. The first kappa shape index (κ1) is 21.1. The molecule has 1 saturated heterocycles. The average molecular weight is 428 g/mol. The molecule has 1 aliphatic heterocycles. The van der Waals surface area contributed by atoms with E-state index in [1.807, 2.05) is 61.5 Å². The number of para-hydroxylation sites is 1. The van der Waals surface area contributed by atoms with Gasteiger partial charge in [0.15, 0.2) is 0 Å². The minimum atomic E-state index is -1.16. The van der Waals surface area contributed by atoms with Crippen LogP contribution < -0.4 is 16.0 Å². The van der Waals surface area contributed by atoms with E-state index in [1.54, 1.807) is 31.2 Å². The highest BCUT2D eigenvalue weighted by atomic mass is 16.2. The van der Waals surface area contributed by atoms with Gasteiger partial charge in [0, 0.05) is 17.9 Å². The second-order valence-electron chi connectivity index (χ2n) is 7.87.